The second-order valence-corrected chi connectivity index (χ2v) is 8.41. The number of nitrogens with zero attached hydrogens (tertiary/aromatic N) is 1. The minimum Gasteiger partial charge on any atom is -0.492 e. The van der Waals surface area contributed by atoms with Gasteiger partial charge in [-0.15, -0.1) is 0 Å². The van der Waals surface area contributed by atoms with Crippen LogP contribution in [0.3, 0.4) is 0 Å². The van der Waals surface area contributed by atoms with Crippen LogP contribution in [0.2, 0.25) is 0 Å². The molecule has 6 nitrogen and oxygen atoms in total. The lowest BCUT2D eigenvalue weighted by Gasteiger charge is -2.23. The first-order valence-corrected chi connectivity index (χ1v) is 9.44. The first kappa shape index (κ1) is 16.3. The molecule has 3 rings (SSSR count). The van der Waals surface area contributed by atoms with Gasteiger partial charge in [0, 0.05) is 13.1 Å². The van der Waals surface area contributed by atoms with Crippen molar-refractivity contribution in [2.45, 2.75) is 19.3 Å². The summed E-state index contributed by atoms with van der Waals surface area (Å²) in [6.07, 6.45) is 2.22. The van der Waals surface area contributed by atoms with Crippen LogP contribution >= 0.6 is 0 Å². The van der Waals surface area contributed by atoms with Gasteiger partial charge in [0.25, 0.3) is 0 Å². The lowest BCUT2D eigenvalue weighted by Crippen LogP contribution is -2.38. The Bertz CT molecular complexity index is 675. The summed E-state index contributed by atoms with van der Waals surface area (Å²) >= 11 is 0. The number of ether oxygens (including phenoxy) is 1. The number of hydrogen-bond acceptors (Lipinski definition) is 4. The zero-order chi connectivity index (χ0) is 16.5. The van der Waals surface area contributed by atoms with Crippen molar-refractivity contribution in [3.63, 3.8) is 0 Å². The molecular formula is C16H21NO5S. The summed E-state index contributed by atoms with van der Waals surface area (Å²) in [6.45, 7) is 0.480. The normalized spacial score (nSPS) is 27.7. The van der Waals surface area contributed by atoms with Crippen LogP contribution in [0.5, 0.6) is 5.75 Å². The molecule has 0 bridgehead atoms. The maximum Gasteiger partial charge on any atom is 0.311 e. The Balaban J connectivity index is 1.61. The Kier molecular flexibility index (Phi) is 4.33. The predicted molar refractivity (Wildman–Crippen MR) is 84.7 cm³/mol. The molecular weight excluding hydrogens is 318 g/mol. The van der Waals surface area contributed by atoms with Crippen LogP contribution in [-0.4, -0.2) is 49.2 Å². The molecule has 2 aliphatic rings. The van der Waals surface area contributed by atoms with Gasteiger partial charge in [0.2, 0.25) is 10.0 Å². The smallest absolute Gasteiger partial charge is 0.311 e. The summed E-state index contributed by atoms with van der Waals surface area (Å²) in [6, 6.07) is 9.04. The quantitative estimate of drug-likeness (QED) is 0.851. The van der Waals surface area contributed by atoms with Gasteiger partial charge in [0.05, 0.1) is 11.2 Å². The Morgan fingerprint density at radius 3 is 2.74 bits per heavy atom. The molecule has 7 heteroatoms. The zero-order valence-corrected chi connectivity index (χ0v) is 13.7. The van der Waals surface area contributed by atoms with Gasteiger partial charge in [-0.3, -0.25) is 4.79 Å². The first-order valence-electron chi connectivity index (χ1n) is 7.83. The summed E-state index contributed by atoms with van der Waals surface area (Å²) in [5.74, 6) is -0.435. The number of carbonyl (C=O) groups is 1. The average Bonchev–Trinajstić information content (AvgIpc) is 3.06. The molecule has 1 saturated heterocycles. The number of sulfonamides is 1. The second-order valence-electron chi connectivity index (χ2n) is 6.32. The van der Waals surface area contributed by atoms with Gasteiger partial charge in [-0.2, -0.15) is 0 Å². The van der Waals surface area contributed by atoms with E-state index < -0.39 is 21.4 Å². The molecule has 1 aromatic rings. The van der Waals surface area contributed by atoms with Crippen LogP contribution in [0, 0.1) is 11.3 Å². The lowest BCUT2D eigenvalue weighted by molar-refractivity contribution is -0.149. The number of carboxylic acids is 1. The third-order valence-corrected chi connectivity index (χ3v) is 6.76. The third kappa shape index (κ3) is 3.07. The second kappa shape index (κ2) is 6.13. The topological polar surface area (TPSA) is 83.9 Å². The number of benzene rings is 1. The van der Waals surface area contributed by atoms with E-state index in [4.69, 9.17) is 4.74 Å². The fraction of sp³-hybridized carbons (Fsp3) is 0.562. The number of hydrogen-bond donors (Lipinski definition) is 1. The third-order valence-electron chi connectivity index (χ3n) is 5.01. The molecule has 1 aliphatic heterocycles. The van der Waals surface area contributed by atoms with Crippen molar-refractivity contribution in [3.8, 4) is 5.75 Å². The van der Waals surface area contributed by atoms with Crippen molar-refractivity contribution < 1.29 is 23.1 Å². The molecule has 1 aromatic carbocycles. The SMILES string of the molecule is O=C(O)[C@@]12CCC[C@H]1CN(S(=O)(=O)CCOc1ccccc1)C2. The van der Waals surface area contributed by atoms with Gasteiger partial charge in [-0.05, 0) is 30.9 Å². The Morgan fingerprint density at radius 2 is 2.09 bits per heavy atom. The predicted octanol–water partition coefficient (Wildman–Crippen LogP) is 1.58. The molecule has 23 heavy (non-hydrogen) atoms. The average molecular weight is 339 g/mol. The summed E-state index contributed by atoms with van der Waals surface area (Å²) in [5, 5.41) is 9.54. The highest BCUT2D eigenvalue weighted by atomic mass is 32.2. The monoisotopic (exact) mass is 339 g/mol. The van der Waals surface area contributed by atoms with Gasteiger partial charge >= 0.3 is 5.97 Å². The molecule has 0 aromatic heterocycles. The fourth-order valence-electron chi connectivity index (χ4n) is 3.72. The van der Waals surface area contributed by atoms with Crippen LogP contribution < -0.4 is 4.74 Å². The summed E-state index contributed by atoms with van der Waals surface area (Å²) in [5.41, 5.74) is -0.882. The van der Waals surface area contributed by atoms with E-state index in [-0.39, 0.29) is 24.8 Å². The highest BCUT2D eigenvalue weighted by molar-refractivity contribution is 7.89. The number of carboxylic acid groups (broad SMARTS) is 1. The van der Waals surface area contributed by atoms with E-state index >= 15 is 0 Å². The van der Waals surface area contributed by atoms with Crippen LogP contribution in [0.15, 0.2) is 30.3 Å². The Labute approximate surface area is 136 Å². The van der Waals surface area contributed by atoms with Crippen LogP contribution in [-0.2, 0) is 14.8 Å². The molecule has 0 amide bonds. The standard InChI is InChI=1S/C16H21NO5S/c18-15(19)16-8-4-5-13(16)11-17(12-16)23(20,21)10-9-22-14-6-2-1-3-7-14/h1-3,6-7,13H,4-5,8-12H2,(H,18,19)/t13-,16+/m0/s1. The number of rotatable bonds is 6. The van der Waals surface area contributed by atoms with Gasteiger partial charge < -0.3 is 9.84 Å². The van der Waals surface area contributed by atoms with Gasteiger partial charge in [-0.1, -0.05) is 24.6 Å². The van der Waals surface area contributed by atoms with Crippen LogP contribution in [0.25, 0.3) is 0 Å². The molecule has 2 fully saturated rings. The van der Waals surface area contributed by atoms with Gasteiger partial charge in [0.1, 0.15) is 12.4 Å². The van der Waals surface area contributed by atoms with E-state index in [1.54, 1.807) is 12.1 Å². The molecule has 2 atom stereocenters. The van der Waals surface area contributed by atoms with E-state index in [1.165, 1.54) is 4.31 Å². The van der Waals surface area contributed by atoms with E-state index in [9.17, 15) is 18.3 Å². The van der Waals surface area contributed by atoms with Crippen molar-refractivity contribution in [3.05, 3.63) is 30.3 Å². The lowest BCUT2D eigenvalue weighted by atomic mass is 9.81. The number of aliphatic carboxylic acids is 1. The van der Waals surface area contributed by atoms with E-state index in [1.807, 2.05) is 18.2 Å². The minimum atomic E-state index is -3.50. The largest absolute Gasteiger partial charge is 0.492 e. The van der Waals surface area contributed by atoms with Gasteiger partial charge in [0.15, 0.2) is 0 Å². The van der Waals surface area contributed by atoms with Crippen molar-refractivity contribution in [2.75, 3.05) is 25.4 Å². The first-order chi connectivity index (χ1) is 10.9. The molecule has 1 heterocycles. The van der Waals surface area contributed by atoms with Crippen molar-refractivity contribution >= 4 is 16.0 Å². The fourth-order valence-corrected chi connectivity index (χ4v) is 5.10. The maximum atomic E-state index is 12.5. The van der Waals surface area contributed by atoms with Crippen molar-refractivity contribution in [1.29, 1.82) is 0 Å². The van der Waals surface area contributed by atoms with Crippen LogP contribution in [0.1, 0.15) is 19.3 Å². The molecule has 126 valence electrons. The molecule has 0 unspecified atom stereocenters. The van der Waals surface area contributed by atoms with E-state index in [0.717, 1.165) is 12.8 Å². The maximum absolute atomic E-state index is 12.5. The van der Waals surface area contributed by atoms with E-state index in [0.29, 0.717) is 18.7 Å². The molecule has 1 saturated carbocycles. The van der Waals surface area contributed by atoms with E-state index in [2.05, 4.69) is 0 Å². The van der Waals surface area contributed by atoms with Gasteiger partial charge in [-0.25, -0.2) is 12.7 Å². The number of para-hydroxylation sites is 1. The van der Waals surface area contributed by atoms with Crippen LogP contribution in [0.4, 0.5) is 0 Å². The van der Waals surface area contributed by atoms with Crippen molar-refractivity contribution in [2.24, 2.45) is 11.3 Å². The summed E-state index contributed by atoms with van der Waals surface area (Å²) < 4.78 is 31.7. The Morgan fingerprint density at radius 1 is 1.35 bits per heavy atom. The Hall–Kier alpha value is -1.60. The highest BCUT2D eigenvalue weighted by Crippen LogP contribution is 2.49. The van der Waals surface area contributed by atoms with Crippen molar-refractivity contribution in [1.82, 2.24) is 4.31 Å². The molecule has 1 aliphatic carbocycles. The molecule has 0 spiro atoms. The zero-order valence-electron chi connectivity index (χ0n) is 12.8. The summed E-state index contributed by atoms with van der Waals surface area (Å²) in [7, 11) is -3.50. The summed E-state index contributed by atoms with van der Waals surface area (Å²) in [4.78, 5) is 11.6. The molecule has 0 radical (unpaired) electrons. The minimum absolute atomic E-state index is 0.0631. The highest BCUT2D eigenvalue weighted by Gasteiger charge is 2.56. The molecule has 1 N–H and O–H groups in total. The number of fused-ring (bicyclic) bond motifs is 1.